The number of carbonyl (C=O) groups excluding carboxylic acids is 2. The second-order valence-electron chi connectivity index (χ2n) is 5.90. The van der Waals surface area contributed by atoms with Crippen molar-refractivity contribution in [2.75, 3.05) is 25.5 Å². The summed E-state index contributed by atoms with van der Waals surface area (Å²) in [5.41, 5.74) is -1.39. The molecule has 1 atom stereocenters. The number of anilines is 1. The van der Waals surface area contributed by atoms with Crippen LogP contribution in [0.3, 0.4) is 0 Å². The summed E-state index contributed by atoms with van der Waals surface area (Å²) in [7, 11) is 1.30. The lowest BCUT2D eigenvalue weighted by Crippen LogP contribution is -2.45. The Hall–Kier alpha value is -2.33. The first-order valence-electron chi connectivity index (χ1n) is 8.22. The first-order valence-corrected chi connectivity index (χ1v) is 8.22. The molecule has 1 rings (SSSR count). The molecule has 0 aliphatic carbocycles. The van der Waals surface area contributed by atoms with Gasteiger partial charge in [0.2, 0.25) is 11.8 Å². The van der Waals surface area contributed by atoms with E-state index >= 15 is 0 Å². The summed E-state index contributed by atoms with van der Waals surface area (Å²) in [6.45, 7) is 1.02. The fourth-order valence-corrected chi connectivity index (χ4v) is 2.28. The van der Waals surface area contributed by atoms with Crippen molar-refractivity contribution >= 4 is 35.9 Å². The van der Waals surface area contributed by atoms with Crippen LogP contribution in [0.25, 0.3) is 0 Å². The van der Waals surface area contributed by atoms with Gasteiger partial charge in [0.25, 0.3) is 0 Å². The zero-order valence-corrected chi connectivity index (χ0v) is 16.2. The summed E-state index contributed by atoms with van der Waals surface area (Å²) in [5.74, 6) is -2.45. The topological polar surface area (TPSA) is 98.7 Å². The number of hydrogen-bond donors (Lipinski definition) is 3. The number of rotatable bonds is 9. The maximum absolute atomic E-state index is 12.9. The number of carboxylic acids is 1. The molecule has 0 aliphatic rings. The van der Waals surface area contributed by atoms with Crippen LogP contribution < -0.4 is 10.6 Å². The van der Waals surface area contributed by atoms with Gasteiger partial charge >= 0.3 is 12.1 Å². The van der Waals surface area contributed by atoms with Crippen molar-refractivity contribution in [3.05, 3.63) is 29.8 Å². The van der Waals surface area contributed by atoms with Crippen molar-refractivity contribution in [3.63, 3.8) is 0 Å². The van der Waals surface area contributed by atoms with E-state index in [2.05, 4.69) is 10.6 Å². The van der Waals surface area contributed by atoms with Gasteiger partial charge in [0.05, 0.1) is 24.3 Å². The Balaban J connectivity index is 0.00000729. The summed E-state index contributed by atoms with van der Waals surface area (Å²) >= 11 is 0. The molecule has 1 aromatic rings. The lowest BCUT2D eigenvalue weighted by Gasteiger charge is -2.20. The van der Waals surface area contributed by atoms with Crippen molar-refractivity contribution in [1.82, 2.24) is 10.2 Å². The SMILES string of the molecule is CCCC(NCC(=O)N(C)CC(=O)Nc1ccccc1C(F)(F)F)C(=O)O.Cl. The van der Waals surface area contributed by atoms with Gasteiger partial charge in [0, 0.05) is 7.05 Å². The quantitative estimate of drug-likeness (QED) is 0.564. The number of likely N-dealkylation sites (N-methyl/N-ethyl adjacent to an activating group) is 1. The van der Waals surface area contributed by atoms with Crippen LogP contribution in [-0.4, -0.2) is 54.0 Å². The Morgan fingerprint density at radius 1 is 1.21 bits per heavy atom. The molecule has 0 heterocycles. The molecular formula is C17H23ClF3N3O4. The third-order valence-corrected chi connectivity index (χ3v) is 3.69. The van der Waals surface area contributed by atoms with E-state index in [1.807, 2.05) is 0 Å². The lowest BCUT2D eigenvalue weighted by molar-refractivity contribution is -0.140. The van der Waals surface area contributed by atoms with Crippen LogP contribution in [0.1, 0.15) is 25.3 Å². The minimum Gasteiger partial charge on any atom is -0.480 e. The maximum Gasteiger partial charge on any atom is 0.418 e. The van der Waals surface area contributed by atoms with Gasteiger partial charge in [-0.25, -0.2) is 0 Å². The van der Waals surface area contributed by atoms with E-state index in [1.165, 1.54) is 19.2 Å². The van der Waals surface area contributed by atoms with Crippen LogP contribution >= 0.6 is 12.4 Å². The minimum absolute atomic E-state index is 0. The average molecular weight is 426 g/mol. The van der Waals surface area contributed by atoms with Crippen molar-refractivity contribution in [2.45, 2.75) is 32.0 Å². The second-order valence-corrected chi connectivity index (χ2v) is 5.90. The van der Waals surface area contributed by atoms with Crippen molar-refractivity contribution in [1.29, 1.82) is 0 Å². The number of carboxylic acid groups (broad SMARTS) is 1. The van der Waals surface area contributed by atoms with E-state index in [1.54, 1.807) is 6.92 Å². The Labute approximate surface area is 166 Å². The normalized spacial score (nSPS) is 11.9. The first-order chi connectivity index (χ1) is 12.6. The number of aliphatic carboxylic acids is 1. The number of para-hydroxylation sites is 1. The first kappa shape index (κ1) is 25.7. The zero-order chi connectivity index (χ0) is 20.6. The number of carbonyl (C=O) groups is 3. The number of halogens is 4. The Bertz CT molecular complexity index is 686. The minimum atomic E-state index is -4.62. The Morgan fingerprint density at radius 3 is 2.36 bits per heavy atom. The molecule has 11 heteroatoms. The molecule has 0 spiro atoms. The van der Waals surface area contributed by atoms with Crippen LogP contribution in [0.5, 0.6) is 0 Å². The molecular weight excluding hydrogens is 403 g/mol. The maximum atomic E-state index is 12.9. The molecule has 28 heavy (non-hydrogen) atoms. The van der Waals surface area contributed by atoms with Gasteiger partial charge in [0.15, 0.2) is 0 Å². The molecule has 7 nitrogen and oxygen atoms in total. The molecule has 0 saturated carbocycles. The van der Waals surface area contributed by atoms with Crippen LogP contribution in [0.2, 0.25) is 0 Å². The summed E-state index contributed by atoms with van der Waals surface area (Å²) in [4.78, 5) is 36.0. The van der Waals surface area contributed by atoms with Crippen LogP contribution in [0, 0.1) is 0 Å². The number of amides is 2. The van der Waals surface area contributed by atoms with E-state index in [4.69, 9.17) is 5.11 Å². The molecule has 0 fully saturated rings. The molecule has 0 bridgehead atoms. The fraction of sp³-hybridized carbons (Fsp3) is 0.471. The number of nitrogens with one attached hydrogen (secondary N) is 2. The van der Waals surface area contributed by atoms with E-state index in [9.17, 15) is 27.6 Å². The smallest absolute Gasteiger partial charge is 0.418 e. The Kier molecular flexibility index (Phi) is 10.5. The van der Waals surface area contributed by atoms with Gasteiger partial charge in [-0.3, -0.25) is 19.7 Å². The highest BCUT2D eigenvalue weighted by atomic mass is 35.5. The standard InChI is InChI=1S/C17H22F3N3O4.ClH/c1-3-6-13(16(26)27)21-9-15(25)23(2)10-14(24)22-12-8-5-4-7-11(12)17(18,19)20;/h4-5,7-8,13,21H,3,6,9-10H2,1-2H3,(H,22,24)(H,26,27);1H. The highest BCUT2D eigenvalue weighted by Crippen LogP contribution is 2.34. The number of benzene rings is 1. The van der Waals surface area contributed by atoms with Gasteiger partial charge in [-0.2, -0.15) is 13.2 Å². The second kappa shape index (κ2) is 11.5. The third-order valence-electron chi connectivity index (χ3n) is 3.69. The average Bonchev–Trinajstić information content (AvgIpc) is 2.57. The van der Waals surface area contributed by atoms with Crippen LogP contribution in [0.15, 0.2) is 24.3 Å². The van der Waals surface area contributed by atoms with Crippen LogP contribution in [-0.2, 0) is 20.6 Å². The van der Waals surface area contributed by atoms with Gasteiger partial charge in [-0.1, -0.05) is 25.5 Å². The highest BCUT2D eigenvalue weighted by Gasteiger charge is 2.33. The predicted molar refractivity (Wildman–Crippen MR) is 99.3 cm³/mol. The van der Waals surface area contributed by atoms with E-state index < -0.39 is 47.8 Å². The summed E-state index contributed by atoms with van der Waals surface area (Å²) in [5, 5.41) is 13.7. The molecule has 3 N–H and O–H groups in total. The number of hydrogen-bond acceptors (Lipinski definition) is 4. The molecule has 0 aliphatic heterocycles. The number of nitrogens with zero attached hydrogens (tertiary/aromatic N) is 1. The third kappa shape index (κ3) is 8.13. The van der Waals surface area contributed by atoms with Gasteiger partial charge in [0.1, 0.15) is 6.04 Å². The summed E-state index contributed by atoms with van der Waals surface area (Å²) < 4.78 is 38.8. The fourth-order valence-electron chi connectivity index (χ4n) is 2.28. The molecule has 158 valence electrons. The zero-order valence-electron chi connectivity index (χ0n) is 15.4. The molecule has 0 radical (unpaired) electrons. The van der Waals surface area contributed by atoms with E-state index in [-0.39, 0.29) is 19.0 Å². The monoisotopic (exact) mass is 425 g/mol. The predicted octanol–water partition coefficient (Wildman–Crippen LogP) is 2.37. The largest absolute Gasteiger partial charge is 0.480 e. The van der Waals surface area contributed by atoms with E-state index in [0.717, 1.165) is 17.0 Å². The van der Waals surface area contributed by atoms with Gasteiger partial charge in [-0.15, -0.1) is 12.4 Å². The summed E-state index contributed by atoms with van der Waals surface area (Å²) in [6, 6.07) is 3.62. The van der Waals surface area contributed by atoms with E-state index in [0.29, 0.717) is 12.8 Å². The van der Waals surface area contributed by atoms with Crippen molar-refractivity contribution < 1.29 is 32.7 Å². The van der Waals surface area contributed by atoms with Crippen molar-refractivity contribution in [3.8, 4) is 0 Å². The van der Waals surface area contributed by atoms with Crippen molar-refractivity contribution in [2.24, 2.45) is 0 Å². The van der Waals surface area contributed by atoms with Gasteiger partial charge < -0.3 is 15.3 Å². The Morgan fingerprint density at radius 2 is 1.82 bits per heavy atom. The summed E-state index contributed by atoms with van der Waals surface area (Å²) in [6.07, 6.45) is -3.68. The number of alkyl halides is 3. The highest BCUT2D eigenvalue weighted by molar-refractivity contribution is 5.95. The molecule has 1 unspecified atom stereocenters. The van der Waals surface area contributed by atoms with Gasteiger partial charge in [-0.05, 0) is 18.6 Å². The molecule has 0 aromatic heterocycles. The lowest BCUT2D eigenvalue weighted by atomic mass is 10.1. The van der Waals surface area contributed by atoms with Crippen LogP contribution in [0.4, 0.5) is 18.9 Å². The molecule has 2 amide bonds. The molecule has 0 saturated heterocycles. The molecule has 1 aromatic carbocycles.